The van der Waals surface area contributed by atoms with Crippen molar-refractivity contribution < 1.29 is 4.39 Å². The molecule has 0 saturated carbocycles. The molecule has 0 fully saturated rings. The van der Waals surface area contributed by atoms with Crippen LogP contribution in [0.4, 0.5) is 4.39 Å². The Kier molecular flexibility index (Phi) is 2.53. The second kappa shape index (κ2) is 3.84. The van der Waals surface area contributed by atoms with Crippen molar-refractivity contribution >= 4 is 11.3 Å². The summed E-state index contributed by atoms with van der Waals surface area (Å²) in [5.74, 6) is -0.334. The van der Waals surface area contributed by atoms with Gasteiger partial charge in [-0.25, -0.2) is 4.39 Å². The van der Waals surface area contributed by atoms with Gasteiger partial charge in [-0.2, -0.15) is 5.26 Å². The van der Waals surface area contributed by atoms with Crippen molar-refractivity contribution in [2.75, 3.05) is 0 Å². The molecule has 0 spiro atoms. The van der Waals surface area contributed by atoms with Crippen LogP contribution in [-0.2, 0) is 0 Å². The first-order chi connectivity index (χ1) is 7.22. The average molecular weight is 217 g/mol. The number of thiophene rings is 1. The number of nitrogens with zero attached hydrogens (tertiary/aromatic N) is 1. The van der Waals surface area contributed by atoms with Gasteiger partial charge in [0, 0.05) is 10.4 Å². The second-order valence-electron chi connectivity index (χ2n) is 3.24. The van der Waals surface area contributed by atoms with Crippen molar-refractivity contribution in [1.82, 2.24) is 0 Å². The van der Waals surface area contributed by atoms with Crippen LogP contribution < -0.4 is 0 Å². The molecule has 0 radical (unpaired) electrons. The lowest BCUT2D eigenvalue weighted by Gasteiger charge is -2.01. The number of hydrogen-bond donors (Lipinski definition) is 0. The molecule has 0 saturated heterocycles. The molecule has 0 amide bonds. The predicted molar refractivity (Wildman–Crippen MR) is 59.2 cm³/mol. The van der Waals surface area contributed by atoms with Crippen molar-refractivity contribution in [2.24, 2.45) is 0 Å². The van der Waals surface area contributed by atoms with Crippen molar-refractivity contribution in [2.45, 2.75) is 6.92 Å². The van der Waals surface area contributed by atoms with E-state index in [0.29, 0.717) is 11.1 Å². The minimum absolute atomic E-state index is 0.334. The number of halogens is 1. The van der Waals surface area contributed by atoms with Gasteiger partial charge in [-0.3, -0.25) is 0 Å². The van der Waals surface area contributed by atoms with Crippen LogP contribution in [0, 0.1) is 24.1 Å². The summed E-state index contributed by atoms with van der Waals surface area (Å²) in [6.45, 7) is 1.95. The fraction of sp³-hybridized carbons (Fsp3) is 0.0833. The molecule has 74 valence electrons. The van der Waals surface area contributed by atoms with Crippen LogP contribution >= 0.6 is 11.3 Å². The molecule has 2 rings (SSSR count). The summed E-state index contributed by atoms with van der Waals surface area (Å²) < 4.78 is 13.6. The molecule has 0 atom stereocenters. The fourth-order valence-electron chi connectivity index (χ4n) is 1.42. The number of aryl methyl sites for hydroxylation is 1. The highest BCUT2D eigenvalue weighted by Gasteiger charge is 2.09. The molecule has 15 heavy (non-hydrogen) atoms. The van der Waals surface area contributed by atoms with E-state index in [4.69, 9.17) is 5.26 Å². The Bertz CT molecular complexity index is 537. The number of benzene rings is 1. The summed E-state index contributed by atoms with van der Waals surface area (Å²) in [6, 6.07) is 8.44. The smallest absolute Gasteiger partial charge is 0.133 e. The summed E-state index contributed by atoms with van der Waals surface area (Å²) >= 11 is 1.51. The van der Waals surface area contributed by atoms with Gasteiger partial charge >= 0.3 is 0 Å². The molecule has 3 heteroatoms. The van der Waals surface area contributed by atoms with Gasteiger partial charge in [-0.05, 0) is 42.1 Å². The molecule has 0 N–H and O–H groups in total. The van der Waals surface area contributed by atoms with E-state index in [-0.39, 0.29) is 5.82 Å². The summed E-state index contributed by atoms with van der Waals surface area (Å²) in [5, 5.41) is 10.6. The third kappa shape index (κ3) is 1.77. The van der Waals surface area contributed by atoms with E-state index in [9.17, 15) is 4.39 Å². The van der Waals surface area contributed by atoms with Gasteiger partial charge in [-0.15, -0.1) is 11.3 Å². The summed E-state index contributed by atoms with van der Waals surface area (Å²) in [6.07, 6.45) is 0. The van der Waals surface area contributed by atoms with Crippen LogP contribution in [0.5, 0.6) is 0 Å². The zero-order valence-electron chi connectivity index (χ0n) is 8.12. The highest BCUT2D eigenvalue weighted by Crippen LogP contribution is 2.31. The maximum atomic E-state index is 13.6. The van der Waals surface area contributed by atoms with E-state index in [1.165, 1.54) is 17.4 Å². The SMILES string of the molecule is Cc1ccsc1-c1ccc(C#N)cc1F. The summed E-state index contributed by atoms with van der Waals surface area (Å²) in [5.41, 5.74) is 1.98. The average Bonchev–Trinajstić information content (AvgIpc) is 2.64. The van der Waals surface area contributed by atoms with Gasteiger partial charge in [-0.1, -0.05) is 0 Å². The van der Waals surface area contributed by atoms with Crippen molar-refractivity contribution in [3.63, 3.8) is 0 Å². The van der Waals surface area contributed by atoms with Crippen molar-refractivity contribution in [3.8, 4) is 16.5 Å². The first kappa shape index (κ1) is 9.88. The highest BCUT2D eigenvalue weighted by molar-refractivity contribution is 7.13. The van der Waals surface area contributed by atoms with Crippen LogP contribution in [-0.4, -0.2) is 0 Å². The third-order valence-corrected chi connectivity index (χ3v) is 3.25. The van der Waals surface area contributed by atoms with E-state index in [1.54, 1.807) is 12.1 Å². The maximum Gasteiger partial charge on any atom is 0.133 e. The molecule has 0 aliphatic heterocycles. The lowest BCUT2D eigenvalue weighted by Crippen LogP contribution is -1.85. The Morgan fingerprint density at radius 1 is 1.33 bits per heavy atom. The maximum absolute atomic E-state index is 13.6. The first-order valence-corrected chi connectivity index (χ1v) is 5.34. The van der Waals surface area contributed by atoms with Gasteiger partial charge in [0.15, 0.2) is 0 Å². The molecule has 0 unspecified atom stereocenters. The number of hydrogen-bond acceptors (Lipinski definition) is 2. The van der Waals surface area contributed by atoms with E-state index in [1.807, 2.05) is 24.4 Å². The Morgan fingerprint density at radius 2 is 2.13 bits per heavy atom. The summed E-state index contributed by atoms with van der Waals surface area (Å²) in [7, 11) is 0. The Morgan fingerprint density at radius 3 is 2.67 bits per heavy atom. The first-order valence-electron chi connectivity index (χ1n) is 4.46. The van der Waals surface area contributed by atoms with Gasteiger partial charge < -0.3 is 0 Å². The molecule has 1 nitrogen and oxygen atoms in total. The number of nitriles is 1. The molecular formula is C12H8FNS. The van der Waals surface area contributed by atoms with Gasteiger partial charge in [0.05, 0.1) is 11.6 Å². The van der Waals surface area contributed by atoms with E-state index in [2.05, 4.69) is 0 Å². The minimum atomic E-state index is -0.334. The standard InChI is InChI=1S/C12H8FNS/c1-8-4-5-15-12(8)10-3-2-9(7-14)6-11(10)13/h2-6H,1H3. The Hall–Kier alpha value is -1.66. The van der Waals surface area contributed by atoms with Crippen molar-refractivity contribution in [3.05, 3.63) is 46.6 Å². The van der Waals surface area contributed by atoms with Crippen LogP contribution in [0.25, 0.3) is 10.4 Å². The normalized spacial score (nSPS) is 9.93. The quantitative estimate of drug-likeness (QED) is 0.714. The van der Waals surface area contributed by atoms with Crippen LogP contribution in [0.1, 0.15) is 11.1 Å². The lowest BCUT2D eigenvalue weighted by atomic mass is 10.1. The molecule has 0 bridgehead atoms. The van der Waals surface area contributed by atoms with E-state index >= 15 is 0 Å². The van der Waals surface area contributed by atoms with Gasteiger partial charge in [0.2, 0.25) is 0 Å². The molecule has 1 aromatic heterocycles. The second-order valence-corrected chi connectivity index (χ2v) is 4.16. The molecule has 0 aliphatic rings. The fourth-order valence-corrected chi connectivity index (χ4v) is 2.37. The molecular weight excluding hydrogens is 209 g/mol. The van der Waals surface area contributed by atoms with Crippen molar-refractivity contribution in [1.29, 1.82) is 5.26 Å². The molecule has 2 aromatic rings. The van der Waals surface area contributed by atoms with Crippen LogP contribution in [0.2, 0.25) is 0 Å². The van der Waals surface area contributed by atoms with E-state index < -0.39 is 0 Å². The highest BCUT2D eigenvalue weighted by atomic mass is 32.1. The topological polar surface area (TPSA) is 23.8 Å². The minimum Gasteiger partial charge on any atom is -0.206 e. The Labute approximate surface area is 91.4 Å². The van der Waals surface area contributed by atoms with Gasteiger partial charge in [0.1, 0.15) is 5.82 Å². The van der Waals surface area contributed by atoms with Crippen LogP contribution in [0.3, 0.4) is 0 Å². The largest absolute Gasteiger partial charge is 0.206 e. The van der Waals surface area contributed by atoms with Gasteiger partial charge in [0.25, 0.3) is 0 Å². The lowest BCUT2D eigenvalue weighted by molar-refractivity contribution is 0.631. The molecule has 0 aliphatic carbocycles. The third-order valence-electron chi connectivity index (χ3n) is 2.20. The Balaban J connectivity index is 2.56. The summed E-state index contributed by atoms with van der Waals surface area (Å²) in [4.78, 5) is 0.928. The van der Waals surface area contributed by atoms with E-state index in [0.717, 1.165) is 10.4 Å². The zero-order valence-corrected chi connectivity index (χ0v) is 8.94. The predicted octanol–water partition coefficient (Wildman–Crippen LogP) is 3.73. The molecule has 1 aromatic carbocycles. The monoisotopic (exact) mass is 217 g/mol. The zero-order chi connectivity index (χ0) is 10.8. The van der Waals surface area contributed by atoms with Crippen LogP contribution in [0.15, 0.2) is 29.6 Å². The molecule has 1 heterocycles. The number of rotatable bonds is 1.